The molecule has 1 aromatic rings. The van der Waals surface area contributed by atoms with E-state index in [2.05, 4.69) is 15.6 Å². The fourth-order valence-corrected chi connectivity index (χ4v) is 0.903. The van der Waals surface area contributed by atoms with E-state index in [0.29, 0.717) is 5.69 Å². The Labute approximate surface area is 87.3 Å². The first-order chi connectivity index (χ1) is 7.15. The SMILES string of the molecule is CNC(=O)N(C)C(=O)Nc1ccncc1. The molecule has 0 radical (unpaired) electrons. The lowest BCUT2D eigenvalue weighted by Crippen LogP contribution is -2.41. The highest BCUT2D eigenvalue weighted by molar-refractivity contribution is 6.00. The number of nitrogens with zero attached hydrogens (tertiary/aromatic N) is 2. The van der Waals surface area contributed by atoms with Gasteiger partial charge in [-0.1, -0.05) is 0 Å². The third kappa shape index (κ3) is 2.94. The molecule has 0 aliphatic heterocycles. The van der Waals surface area contributed by atoms with Crippen LogP contribution in [-0.4, -0.2) is 36.0 Å². The van der Waals surface area contributed by atoms with E-state index < -0.39 is 12.1 Å². The van der Waals surface area contributed by atoms with Crippen LogP contribution in [0.4, 0.5) is 15.3 Å². The van der Waals surface area contributed by atoms with Crippen LogP contribution in [0.25, 0.3) is 0 Å². The van der Waals surface area contributed by atoms with Crippen LogP contribution in [0.5, 0.6) is 0 Å². The van der Waals surface area contributed by atoms with Crippen molar-refractivity contribution in [3.63, 3.8) is 0 Å². The predicted octanol–water partition coefficient (Wildman–Crippen LogP) is 0.885. The van der Waals surface area contributed by atoms with Gasteiger partial charge in [0, 0.05) is 32.2 Å². The van der Waals surface area contributed by atoms with Crippen LogP contribution in [0.1, 0.15) is 0 Å². The zero-order valence-corrected chi connectivity index (χ0v) is 8.52. The second kappa shape index (κ2) is 4.94. The molecule has 0 atom stereocenters. The highest BCUT2D eigenvalue weighted by atomic mass is 16.2. The largest absolute Gasteiger partial charge is 0.341 e. The minimum Gasteiger partial charge on any atom is -0.341 e. The molecule has 1 rings (SSSR count). The van der Waals surface area contributed by atoms with Gasteiger partial charge in [-0.15, -0.1) is 0 Å². The first-order valence-electron chi connectivity index (χ1n) is 4.31. The van der Waals surface area contributed by atoms with Crippen molar-refractivity contribution in [2.75, 3.05) is 19.4 Å². The number of carbonyl (C=O) groups excluding carboxylic acids is 2. The summed E-state index contributed by atoms with van der Waals surface area (Å²) in [5.74, 6) is 0. The third-order valence-electron chi connectivity index (χ3n) is 1.75. The Kier molecular flexibility index (Phi) is 3.61. The molecule has 6 heteroatoms. The first kappa shape index (κ1) is 11.0. The molecular formula is C9H12N4O2. The Hall–Kier alpha value is -2.11. The van der Waals surface area contributed by atoms with Gasteiger partial charge in [0.2, 0.25) is 0 Å². The molecule has 15 heavy (non-hydrogen) atoms. The summed E-state index contributed by atoms with van der Waals surface area (Å²) in [6.07, 6.45) is 3.10. The summed E-state index contributed by atoms with van der Waals surface area (Å²) >= 11 is 0. The molecule has 80 valence electrons. The molecular weight excluding hydrogens is 196 g/mol. The zero-order valence-electron chi connectivity index (χ0n) is 8.52. The van der Waals surface area contributed by atoms with E-state index in [-0.39, 0.29) is 0 Å². The average molecular weight is 208 g/mol. The topological polar surface area (TPSA) is 74.3 Å². The summed E-state index contributed by atoms with van der Waals surface area (Å²) in [5.41, 5.74) is 0.589. The van der Waals surface area contributed by atoms with E-state index >= 15 is 0 Å². The fraction of sp³-hybridized carbons (Fsp3) is 0.222. The molecule has 2 N–H and O–H groups in total. The van der Waals surface area contributed by atoms with E-state index in [1.165, 1.54) is 14.1 Å². The van der Waals surface area contributed by atoms with Crippen molar-refractivity contribution >= 4 is 17.7 Å². The Balaban J connectivity index is 2.60. The zero-order chi connectivity index (χ0) is 11.3. The first-order valence-corrected chi connectivity index (χ1v) is 4.31. The highest BCUT2D eigenvalue weighted by Crippen LogP contribution is 2.04. The van der Waals surface area contributed by atoms with Crippen LogP contribution in [0.15, 0.2) is 24.5 Å². The molecule has 1 heterocycles. The van der Waals surface area contributed by atoms with Crippen LogP contribution in [-0.2, 0) is 0 Å². The standard InChI is InChI=1S/C9H12N4O2/c1-10-8(14)13(2)9(15)12-7-3-5-11-6-4-7/h3-6H,1-2H3,(H,10,14)(H,11,12,15). The number of hydrogen-bond acceptors (Lipinski definition) is 3. The number of imide groups is 1. The molecule has 0 aliphatic carbocycles. The molecule has 0 saturated carbocycles. The maximum atomic E-state index is 11.4. The maximum Gasteiger partial charge on any atom is 0.329 e. The third-order valence-corrected chi connectivity index (χ3v) is 1.75. The number of rotatable bonds is 1. The molecule has 1 aromatic heterocycles. The van der Waals surface area contributed by atoms with E-state index in [4.69, 9.17) is 0 Å². The Bertz CT molecular complexity index is 352. The fourth-order valence-electron chi connectivity index (χ4n) is 0.903. The summed E-state index contributed by atoms with van der Waals surface area (Å²) < 4.78 is 0. The van der Waals surface area contributed by atoms with Gasteiger partial charge in [-0.3, -0.25) is 4.98 Å². The molecule has 4 amide bonds. The van der Waals surface area contributed by atoms with Crippen molar-refractivity contribution < 1.29 is 9.59 Å². The summed E-state index contributed by atoms with van der Waals surface area (Å²) in [7, 11) is 2.84. The van der Waals surface area contributed by atoms with Crippen LogP contribution < -0.4 is 10.6 Å². The van der Waals surface area contributed by atoms with E-state index in [0.717, 1.165) is 4.90 Å². The van der Waals surface area contributed by atoms with Crippen LogP contribution in [0, 0.1) is 0 Å². The lowest BCUT2D eigenvalue weighted by molar-refractivity contribution is 0.203. The summed E-state index contributed by atoms with van der Waals surface area (Å²) in [6, 6.07) is 2.30. The van der Waals surface area contributed by atoms with Gasteiger partial charge in [0.15, 0.2) is 0 Å². The van der Waals surface area contributed by atoms with Crippen molar-refractivity contribution in [3.8, 4) is 0 Å². The minimum absolute atomic E-state index is 0.471. The number of amides is 4. The second-order valence-electron chi connectivity index (χ2n) is 2.78. The molecule has 0 bridgehead atoms. The minimum atomic E-state index is -0.499. The number of aromatic nitrogens is 1. The molecule has 0 fully saturated rings. The summed E-state index contributed by atoms with van der Waals surface area (Å²) in [5, 5.41) is 4.89. The van der Waals surface area contributed by atoms with Gasteiger partial charge >= 0.3 is 12.1 Å². The van der Waals surface area contributed by atoms with Crippen molar-refractivity contribution in [1.82, 2.24) is 15.2 Å². The lowest BCUT2D eigenvalue weighted by Gasteiger charge is -2.15. The number of pyridine rings is 1. The van der Waals surface area contributed by atoms with E-state index in [1.807, 2.05) is 0 Å². The quantitative estimate of drug-likeness (QED) is 0.719. The smallest absolute Gasteiger partial charge is 0.329 e. The monoisotopic (exact) mass is 208 g/mol. The van der Waals surface area contributed by atoms with Gasteiger partial charge in [0.25, 0.3) is 0 Å². The van der Waals surface area contributed by atoms with Crippen LogP contribution >= 0.6 is 0 Å². The maximum absolute atomic E-state index is 11.4. The van der Waals surface area contributed by atoms with Crippen molar-refractivity contribution in [1.29, 1.82) is 0 Å². The van der Waals surface area contributed by atoms with Gasteiger partial charge in [-0.2, -0.15) is 0 Å². The Morgan fingerprint density at radius 2 is 1.87 bits per heavy atom. The molecule has 0 saturated heterocycles. The highest BCUT2D eigenvalue weighted by Gasteiger charge is 2.14. The average Bonchev–Trinajstić information content (AvgIpc) is 2.28. The Morgan fingerprint density at radius 1 is 1.27 bits per heavy atom. The second-order valence-corrected chi connectivity index (χ2v) is 2.78. The number of urea groups is 2. The van der Waals surface area contributed by atoms with Crippen molar-refractivity contribution in [3.05, 3.63) is 24.5 Å². The van der Waals surface area contributed by atoms with Crippen molar-refractivity contribution in [2.24, 2.45) is 0 Å². The lowest BCUT2D eigenvalue weighted by atomic mass is 10.4. The Morgan fingerprint density at radius 3 is 2.40 bits per heavy atom. The normalized spacial score (nSPS) is 9.20. The number of nitrogens with one attached hydrogen (secondary N) is 2. The number of hydrogen-bond donors (Lipinski definition) is 2. The summed E-state index contributed by atoms with van der Waals surface area (Å²) in [6.45, 7) is 0. The van der Waals surface area contributed by atoms with Gasteiger partial charge in [0.1, 0.15) is 0 Å². The van der Waals surface area contributed by atoms with Crippen molar-refractivity contribution in [2.45, 2.75) is 0 Å². The number of anilines is 1. The van der Waals surface area contributed by atoms with Crippen LogP contribution in [0.2, 0.25) is 0 Å². The van der Waals surface area contributed by atoms with E-state index in [9.17, 15) is 9.59 Å². The van der Waals surface area contributed by atoms with Gasteiger partial charge in [-0.05, 0) is 12.1 Å². The predicted molar refractivity (Wildman–Crippen MR) is 55.5 cm³/mol. The van der Waals surface area contributed by atoms with Gasteiger partial charge in [-0.25, -0.2) is 14.5 Å². The van der Waals surface area contributed by atoms with Crippen LogP contribution in [0.3, 0.4) is 0 Å². The number of carbonyl (C=O) groups is 2. The molecule has 6 nitrogen and oxygen atoms in total. The van der Waals surface area contributed by atoms with E-state index in [1.54, 1.807) is 24.5 Å². The van der Waals surface area contributed by atoms with Gasteiger partial charge < -0.3 is 10.6 Å². The molecule has 0 aliphatic rings. The molecule has 0 unspecified atom stereocenters. The summed E-state index contributed by atoms with van der Waals surface area (Å²) in [4.78, 5) is 27.3. The molecule has 0 aromatic carbocycles. The van der Waals surface area contributed by atoms with Gasteiger partial charge in [0.05, 0.1) is 0 Å². The molecule has 0 spiro atoms.